The number of nitrogens with one attached hydrogen (secondary N) is 1. The van der Waals surface area contributed by atoms with Gasteiger partial charge in [0.1, 0.15) is 12.7 Å². The molecule has 0 radical (unpaired) electrons. The molecule has 0 aliphatic heterocycles. The molecule has 0 saturated heterocycles. The number of halogens is 1. The molecular formula is C15H20ClNO5P+. The van der Waals surface area contributed by atoms with Crippen LogP contribution in [0.15, 0.2) is 30.3 Å². The third kappa shape index (κ3) is 6.65. The molecule has 0 fully saturated rings. The highest BCUT2D eigenvalue weighted by Crippen LogP contribution is 2.28. The maximum atomic E-state index is 12.2. The summed E-state index contributed by atoms with van der Waals surface area (Å²) >= 11 is 5.56. The number of hydrogen-bond donors (Lipinski definition) is 1. The fourth-order valence-corrected chi connectivity index (χ4v) is 2.80. The van der Waals surface area contributed by atoms with Crippen molar-refractivity contribution in [1.82, 2.24) is 5.32 Å². The van der Waals surface area contributed by atoms with Gasteiger partial charge in [-0.15, -0.1) is 11.6 Å². The zero-order chi connectivity index (χ0) is 17.2. The molecule has 1 rings (SSSR count). The Hall–Kier alpha value is -1.49. The zero-order valence-electron chi connectivity index (χ0n) is 13.0. The highest BCUT2D eigenvalue weighted by molar-refractivity contribution is 7.44. The lowest BCUT2D eigenvalue weighted by Gasteiger charge is -2.18. The lowest BCUT2D eigenvalue weighted by atomic mass is 10.1. The van der Waals surface area contributed by atoms with Gasteiger partial charge in [0.25, 0.3) is 11.8 Å². The number of ether oxygens (including phenoxy) is 2. The monoisotopic (exact) mass is 360 g/mol. The minimum Gasteiger partial charge on any atom is -0.467 e. The van der Waals surface area contributed by atoms with Crippen LogP contribution in [0.1, 0.15) is 16.8 Å². The summed E-state index contributed by atoms with van der Waals surface area (Å²) in [6, 6.07) is 7.53. The highest BCUT2D eigenvalue weighted by Gasteiger charge is 2.34. The number of esters is 1. The number of methoxy groups -OCH3 is 1. The Morgan fingerprint density at radius 2 is 1.96 bits per heavy atom. The van der Waals surface area contributed by atoms with Gasteiger partial charge in [0.15, 0.2) is 0 Å². The Balaban J connectivity index is 2.81. The Labute approximate surface area is 141 Å². The van der Waals surface area contributed by atoms with E-state index in [2.05, 4.69) is 5.32 Å². The summed E-state index contributed by atoms with van der Waals surface area (Å²) in [5, 5.41) is 2.59. The van der Waals surface area contributed by atoms with Crippen molar-refractivity contribution in [2.75, 3.05) is 26.3 Å². The van der Waals surface area contributed by atoms with Gasteiger partial charge in [0.05, 0.1) is 20.1 Å². The van der Waals surface area contributed by atoms with E-state index in [0.29, 0.717) is 5.56 Å². The highest BCUT2D eigenvalue weighted by atomic mass is 35.5. The second-order valence-corrected chi connectivity index (χ2v) is 6.76. The van der Waals surface area contributed by atoms with Crippen LogP contribution in [0.2, 0.25) is 0 Å². The second kappa shape index (κ2) is 10.3. The predicted molar refractivity (Wildman–Crippen MR) is 88.3 cm³/mol. The van der Waals surface area contributed by atoms with Crippen LogP contribution in [0, 0.1) is 0 Å². The molecule has 0 saturated carbocycles. The van der Waals surface area contributed by atoms with Crippen molar-refractivity contribution in [2.45, 2.75) is 18.3 Å². The Bertz CT molecular complexity index is 540. The van der Waals surface area contributed by atoms with E-state index in [0.717, 1.165) is 0 Å². The quantitative estimate of drug-likeness (QED) is 0.415. The lowest BCUT2D eigenvalue weighted by Crippen LogP contribution is -2.43. The van der Waals surface area contributed by atoms with Crippen LogP contribution in [0.5, 0.6) is 0 Å². The van der Waals surface area contributed by atoms with E-state index in [1.165, 1.54) is 13.8 Å². The van der Waals surface area contributed by atoms with E-state index >= 15 is 0 Å². The van der Waals surface area contributed by atoms with E-state index in [4.69, 9.17) is 21.1 Å². The number of amides is 1. The summed E-state index contributed by atoms with van der Waals surface area (Å²) in [7, 11) is -0.480. The van der Waals surface area contributed by atoms with E-state index in [1.807, 2.05) is 0 Å². The molecule has 0 bridgehead atoms. The van der Waals surface area contributed by atoms with Gasteiger partial charge in [-0.25, -0.2) is 4.79 Å². The average molecular weight is 361 g/mol. The van der Waals surface area contributed by atoms with Gasteiger partial charge in [-0.1, -0.05) is 22.8 Å². The molecule has 126 valence electrons. The maximum Gasteiger partial charge on any atom is 0.367 e. The van der Waals surface area contributed by atoms with Gasteiger partial charge >= 0.3 is 13.8 Å². The maximum absolute atomic E-state index is 12.2. The van der Waals surface area contributed by atoms with Crippen molar-refractivity contribution in [3.8, 4) is 0 Å². The average Bonchev–Trinajstić information content (AvgIpc) is 2.57. The van der Waals surface area contributed by atoms with Crippen molar-refractivity contribution < 1.29 is 23.6 Å². The number of benzene rings is 1. The first-order valence-electron chi connectivity index (χ1n) is 7.00. The van der Waals surface area contributed by atoms with Gasteiger partial charge in [0.2, 0.25) is 0 Å². The fraction of sp³-hybridized carbons (Fsp3) is 0.467. The fourth-order valence-electron chi connectivity index (χ4n) is 1.89. The SMILES string of the molecule is COC(=O)C(CC(OCCCl)[P+](C)=O)NC(=O)c1ccccc1. The van der Waals surface area contributed by atoms with E-state index in [1.54, 1.807) is 30.3 Å². The molecule has 6 nitrogen and oxygen atoms in total. The standard InChI is InChI=1S/C15H19ClNO5P/c1-21-15(19)12(10-13(23(2)20)22-9-8-16)17-14(18)11-6-4-3-5-7-11/h3-7,12-13H,8-10H2,1-2H3/p+1. The van der Waals surface area contributed by atoms with Crippen molar-refractivity contribution in [1.29, 1.82) is 0 Å². The molecule has 0 heterocycles. The largest absolute Gasteiger partial charge is 0.467 e. The molecule has 0 spiro atoms. The van der Waals surface area contributed by atoms with Crippen LogP contribution < -0.4 is 5.32 Å². The summed E-state index contributed by atoms with van der Waals surface area (Å²) in [4.78, 5) is 24.1. The van der Waals surface area contributed by atoms with Crippen LogP contribution in [0.3, 0.4) is 0 Å². The van der Waals surface area contributed by atoms with Gasteiger partial charge in [0, 0.05) is 11.4 Å². The van der Waals surface area contributed by atoms with E-state index in [-0.39, 0.29) is 18.9 Å². The second-order valence-electron chi connectivity index (χ2n) is 4.71. The van der Waals surface area contributed by atoms with Crippen molar-refractivity contribution in [3.63, 3.8) is 0 Å². The number of alkyl halides is 1. The first-order valence-corrected chi connectivity index (χ1v) is 9.32. The molecule has 1 aromatic rings. The first kappa shape index (κ1) is 19.6. The first-order chi connectivity index (χ1) is 11.0. The number of carbonyl (C=O) groups excluding carboxylic acids is 2. The van der Waals surface area contributed by atoms with E-state index in [9.17, 15) is 14.2 Å². The third-order valence-electron chi connectivity index (χ3n) is 3.06. The van der Waals surface area contributed by atoms with Crippen LogP contribution >= 0.6 is 19.4 Å². The molecule has 23 heavy (non-hydrogen) atoms. The summed E-state index contributed by atoms with van der Waals surface area (Å²) in [5.74, 6) is -1.48. The van der Waals surface area contributed by atoms with Crippen LogP contribution in [0.25, 0.3) is 0 Å². The van der Waals surface area contributed by atoms with Gasteiger partial charge in [-0.05, 0) is 12.1 Å². The molecule has 1 aromatic carbocycles. The summed E-state index contributed by atoms with van der Waals surface area (Å²) in [6.45, 7) is 1.71. The third-order valence-corrected chi connectivity index (χ3v) is 4.38. The molecule has 3 atom stereocenters. The molecule has 0 aromatic heterocycles. The predicted octanol–water partition coefficient (Wildman–Crippen LogP) is 2.39. The zero-order valence-corrected chi connectivity index (χ0v) is 14.7. The normalized spacial score (nSPS) is 13.8. The van der Waals surface area contributed by atoms with E-state index < -0.39 is 31.6 Å². The number of rotatable bonds is 9. The summed E-state index contributed by atoms with van der Waals surface area (Å²) in [6.07, 6.45) is 0.0494. The molecule has 0 aliphatic carbocycles. The molecule has 1 N–H and O–H groups in total. The molecular weight excluding hydrogens is 341 g/mol. The Morgan fingerprint density at radius 1 is 1.30 bits per heavy atom. The topological polar surface area (TPSA) is 81.7 Å². The summed E-state index contributed by atoms with van der Waals surface area (Å²) < 4.78 is 21.9. The molecule has 1 amide bonds. The van der Waals surface area contributed by atoms with Gasteiger partial charge in [-0.3, -0.25) is 4.79 Å². The van der Waals surface area contributed by atoms with Crippen molar-refractivity contribution in [3.05, 3.63) is 35.9 Å². The number of hydrogen-bond acceptors (Lipinski definition) is 5. The Kier molecular flexibility index (Phi) is 8.77. The van der Waals surface area contributed by atoms with Crippen LogP contribution in [-0.2, 0) is 18.8 Å². The minimum atomic E-state index is -1.71. The minimum absolute atomic E-state index is 0.0494. The smallest absolute Gasteiger partial charge is 0.367 e. The van der Waals surface area contributed by atoms with Gasteiger partial charge < -0.3 is 14.8 Å². The van der Waals surface area contributed by atoms with Crippen molar-refractivity contribution >= 4 is 31.3 Å². The lowest BCUT2D eigenvalue weighted by molar-refractivity contribution is -0.143. The molecule has 8 heteroatoms. The number of carbonyl (C=O) groups is 2. The Morgan fingerprint density at radius 3 is 2.48 bits per heavy atom. The summed E-state index contributed by atoms with van der Waals surface area (Å²) in [5.41, 5.74) is 0.417. The van der Waals surface area contributed by atoms with Crippen molar-refractivity contribution in [2.24, 2.45) is 0 Å². The van der Waals surface area contributed by atoms with Gasteiger partial charge in [-0.2, -0.15) is 0 Å². The van der Waals surface area contributed by atoms with Crippen LogP contribution in [-0.4, -0.2) is 50.0 Å². The molecule has 3 unspecified atom stereocenters. The molecule has 0 aliphatic rings. The van der Waals surface area contributed by atoms with Crippen LogP contribution in [0.4, 0.5) is 0 Å².